The van der Waals surface area contributed by atoms with E-state index < -0.39 is 5.82 Å². The minimum absolute atomic E-state index is 0.0723. The number of benzene rings is 1. The summed E-state index contributed by atoms with van der Waals surface area (Å²) in [6.45, 7) is -0.153. The number of carbonyl (C=O) groups excluding carboxylic acids is 1. The standard InChI is InChI=1S/C8H9BFNO/c9-5-1-2-6(7(10)3-5)8(12)4-11/h1-3H,4,9,11H2. The van der Waals surface area contributed by atoms with Crippen molar-refractivity contribution in [1.82, 2.24) is 0 Å². The molecule has 0 radical (unpaired) electrons. The molecule has 0 heterocycles. The normalized spacial score (nSPS) is 9.83. The molecule has 0 saturated heterocycles. The molecule has 12 heavy (non-hydrogen) atoms. The molecule has 0 aliphatic rings. The first-order valence-electron chi connectivity index (χ1n) is 3.64. The Morgan fingerprint density at radius 2 is 2.25 bits per heavy atom. The number of Topliss-reactive ketones (excluding diaryl/α,β-unsaturated/α-hetero) is 1. The van der Waals surface area contributed by atoms with Crippen molar-refractivity contribution in [3.05, 3.63) is 29.6 Å². The van der Waals surface area contributed by atoms with Crippen LogP contribution in [0.15, 0.2) is 18.2 Å². The van der Waals surface area contributed by atoms with Crippen LogP contribution in [0.3, 0.4) is 0 Å². The smallest absolute Gasteiger partial charge is 0.179 e. The highest BCUT2D eigenvalue weighted by atomic mass is 19.1. The Morgan fingerprint density at radius 3 is 2.75 bits per heavy atom. The van der Waals surface area contributed by atoms with Gasteiger partial charge in [0.1, 0.15) is 13.7 Å². The average Bonchev–Trinajstić information content (AvgIpc) is 2.03. The lowest BCUT2D eigenvalue weighted by atomic mass is 9.94. The van der Waals surface area contributed by atoms with Crippen LogP contribution < -0.4 is 11.2 Å². The topological polar surface area (TPSA) is 43.1 Å². The number of hydrogen-bond donors (Lipinski definition) is 1. The summed E-state index contributed by atoms with van der Waals surface area (Å²) < 4.78 is 13.0. The molecular weight excluding hydrogens is 156 g/mol. The first-order valence-corrected chi connectivity index (χ1v) is 3.64. The van der Waals surface area contributed by atoms with Crippen molar-refractivity contribution in [2.45, 2.75) is 0 Å². The fourth-order valence-electron chi connectivity index (χ4n) is 0.956. The molecule has 0 saturated carbocycles. The summed E-state index contributed by atoms with van der Waals surface area (Å²) in [4.78, 5) is 11.0. The zero-order valence-corrected chi connectivity index (χ0v) is 6.80. The zero-order chi connectivity index (χ0) is 9.14. The average molecular weight is 165 g/mol. The highest BCUT2D eigenvalue weighted by Gasteiger charge is 2.08. The molecule has 0 aliphatic heterocycles. The van der Waals surface area contributed by atoms with Crippen LogP contribution >= 0.6 is 0 Å². The molecule has 4 heteroatoms. The second kappa shape index (κ2) is 3.49. The quantitative estimate of drug-likeness (QED) is 0.461. The van der Waals surface area contributed by atoms with E-state index in [1.807, 2.05) is 0 Å². The SMILES string of the molecule is Bc1ccc(C(=O)CN)c(F)c1. The van der Waals surface area contributed by atoms with Gasteiger partial charge in [-0.1, -0.05) is 11.5 Å². The lowest BCUT2D eigenvalue weighted by Gasteiger charge is -2.00. The molecule has 0 aliphatic carbocycles. The van der Waals surface area contributed by atoms with Gasteiger partial charge in [-0.3, -0.25) is 4.79 Å². The van der Waals surface area contributed by atoms with E-state index >= 15 is 0 Å². The van der Waals surface area contributed by atoms with Gasteiger partial charge in [0.15, 0.2) is 5.78 Å². The van der Waals surface area contributed by atoms with E-state index in [4.69, 9.17) is 5.73 Å². The Morgan fingerprint density at radius 1 is 1.58 bits per heavy atom. The third kappa shape index (κ3) is 1.71. The van der Waals surface area contributed by atoms with Gasteiger partial charge in [0, 0.05) is 0 Å². The van der Waals surface area contributed by atoms with E-state index in [1.165, 1.54) is 12.1 Å². The van der Waals surface area contributed by atoms with Crippen LogP contribution in [0, 0.1) is 5.82 Å². The van der Waals surface area contributed by atoms with Crippen molar-refractivity contribution in [2.75, 3.05) is 6.54 Å². The fourth-order valence-corrected chi connectivity index (χ4v) is 0.956. The van der Waals surface area contributed by atoms with Gasteiger partial charge in [-0.2, -0.15) is 0 Å². The van der Waals surface area contributed by atoms with Crippen LogP contribution in [0.1, 0.15) is 10.4 Å². The van der Waals surface area contributed by atoms with E-state index in [0.29, 0.717) is 0 Å². The number of nitrogens with two attached hydrogens (primary N) is 1. The van der Waals surface area contributed by atoms with Crippen LogP contribution in [0.4, 0.5) is 4.39 Å². The molecule has 2 nitrogen and oxygen atoms in total. The Balaban J connectivity index is 3.09. The lowest BCUT2D eigenvalue weighted by molar-refractivity contribution is 0.0997. The van der Waals surface area contributed by atoms with Crippen molar-refractivity contribution < 1.29 is 9.18 Å². The summed E-state index contributed by atoms with van der Waals surface area (Å²) >= 11 is 0. The first kappa shape index (κ1) is 8.94. The second-order valence-corrected chi connectivity index (χ2v) is 2.61. The summed E-state index contributed by atoms with van der Waals surface area (Å²) in [6.07, 6.45) is 0. The zero-order valence-electron chi connectivity index (χ0n) is 6.80. The molecule has 0 bridgehead atoms. The third-order valence-electron chi connectivity index (χ3n) is 1.61. The van der Waals surface area contributed by atoms with Crippen LogP contribution in [0.5, 0.6) is 0 Å². The van der Waals surface area contributed by atoms with E-state index in [0.717, 1.165) is 5.46 Å². The highest BCUT2D eigenvalue weighted by Crippen LogP contribution is 2.04. The largest absolute Gasteiger partial charge is 0.324 e. The highest BCUT2D eigenvalue weighted by molar-refractivity contribution is 6.32. The van der Waals surface area contributed by atoms with Crippen LogP contribution in [0.2, 0.25) is 0 Å². The van der Waals surface area contributed by atoms with Gasteiger partial charge in [0.05, 0.1) is 12.1 Å². The summed E-state index contributed by atoms with van der Waals surface area (Å²) in [5.41, 5.74) is 5.96. The number of carbonyl (C=O) groups is 1. The number of ketones is 1. The minimum Gasteiger partial charge on any atom is -0.324 e. The van der Waals surface area contributed by atoms with Gasteiger partial charge in [-0.15, -0.1) is 0 Å². The van der Waals surface area contributed by atoms with Crippen molar-refractivity contribution in [2.24, 2.45) is 5.73 Å². The maximum atomic E-state index is 13.0. The molecule has 2 N–H and O–H groups in total. The predicted molar refractivity (Wildman–Crippen MR) is 48.0 cm³/mol. The van der Waals surface area contributed by atoms with Gasteiger partial charge in [0.2, 0.25) is 0 Å². The Labute approximate surface area is 71.0 Å². The molecule has 1 rings (SSSR count). The fraction of sp³-hybridized carbons (Fsp3) is 0.125. The first-order chi connectivity index (χ1) is 5.65. The van der Waals surface area contributed by atoms with Gasteiger partial charge in [-0.05, 0) is 12.1 Å². The van der Waals surface area contributed by atoms with Gasteiger partial charge in [0.25, 0.3) is 0 Å². The maximum absolute atomic E-state index is 13.0. The Bertz CT molecular complexity index is 314. The molecule has 0 amide bonds. The van der Waals surface area contributed by atoms with E-state index in [1.54, 1.807) is 13.9 Å². The van der Waals surface area contributed by atoms with Crippen LogP contribution in [-0.4, -0.2) is 20.2 Å². The summed E-state index contributed by atoms with van der Waals surface area (Å²) in [5, 5.41) is 0. The molecule has 0 aromatic heterocycles. The summed E-state index contributed by atoms with van der Waals surface area (Å²) in [7, 11) is 1.76. The second-order valence-electron chi connectivity index (χ2n) is 2.61. The molecule has 0 fully saturated rings. The minimum atomic E-state index is -0.495. The van der Waals surface area contributed by atoms with Crippen molar-refractivity contribution in [3.63, 3.8) is 0 Å². The van der Waals surface area contributed by atoms with Gasteiger partial charge < -0.3 is 5.73 Å². The monoisotopic (exact) mass is 165 g/mol. The van der Waals surface area contributed by atoms with Gasteiger partial charge >= 0.3 is 0 Å². The van der Waals surface area contributed by atoms with Crippen molar-refractivity contribution in [3.8, 4) is 0 Å². The van der Waals surface area contributed by atoms with E-state index in [-0.39, 0.29) is 17.9 Å². The number of halogens is 1. The van der Waals surface area contributed by atoms with Gasteiger partial charge in [-0.25, -0.2) is 4.39 Å². The molecule has 1 aromatic carbocycles. The lowest BCUT2D eigenvalue weighted by Crippen LogP contribution is -2.16. The van der Waals surface area contributed by atoms with E-state index in [9.17, 15) is 9.18 Å². The maximum Gasteiger partial charge on any atom is 0.179 e. The van der Waals surface area contributed by atoms with Crippen molar-refractivity contribution >= 4 is 19.1 Å². The molecule has 0 atom stereocenters. The molecule has 0 unspecified atom stereocenters. The molecular formula is C8H9BFNO. The Hall–Kier alpha value is -1.16. The molecule has 1 aromatic rings. The van der Waals surface area contributed by atoms with E-state index in [2.05, 4.69) is 0 Å². The predicted octanol–water partition coefficient (Wildman–Crippen LogP) is -0.775. The Kier molecular flexibility index (Phi) is 2.60. The summed E-state index contributed by atoms with van der Waals surface area (Å²) in [5.74, 6) is -0.863. The number of hydrogen-bond acceptors (Lipinski definition) is 2. The molecule has 0 spiro atoms. The number of rotatable bonds is 2. The molecule has 62 valence electrons. The van der Waals surface area contributed by atoms with Crippen LogP contribution in [-0.2, 0) is 0 Å². The summed E-state index contributed by atoms with van der Waals surface area (Å²) in [6, 6.07) is 4.47. The van der Waals surface area contributed by atoms with Crippen molar-refractivity contribution in [1.29, 1.82) is 0 Å². The third-order valence-corrected chi connectivity index (χ3v) is 1.61. The van der Waals surface area contributed by atoms with Crippen LogP contribution in [0.25, 0.3) is 0 Å².